The van der Waals surface area contributed by atoms with E-state index in [4.69, 9.17) is 0 Å². The molecule has 0 saturated carbocycles. The molecule has 0 aliphatic rings. The van der Waals surface area contributed by atoms with Crippen molar-refractivity contribution in [1.82, 2.24) is 0 Å². The standard InChI is InChI=1S/C17H20N2O3S/c1-19(2)15-10-8-14(9-11-15)18-17(20)12-13-23(21,22)16-6-4-3-5-7-16/h3-11H,12-13H2,1-2H3,(H,18,20). The first kappa shape index (κ1) is 17.0. The first-order chi connectivity index (χ1) is 10.9. The highest BCUT2D eigenvalue weighted by atomic mass is 32.2. The van der Waals surface area contributed by atoms with Gasteiger partial charge < -0.3 is 10.2 Å². The number of carbonyl (C=O) groups excluding carboxylic acids is 1. The third-order valence-electron chi connectivity index (χ3n) is 3.37. The van der Waals surface area contributed by atoms with E-state index in [1.54, 1.807) is 30.3 Å². The van der Waals surface area contributed by atoms with Gasteiger partial charge in [0.25, 0.3) is 0 Å². The summed E-state index contributed by atoms with van der Waals surface area (Å²) in [6.45, 7) is 0. The van der Waals surface area contributed by atoms with E-state index in [0.29, 0.717) is 5.69 Å². The molecule has 122 valence electrons. The van der Waals surface area contributed by atoms with Crippen LogP contribution in [-0.2, 0) is 14.6 Å². The molecule has 1 amide bonds. The number of benzene rings is 2. The van der Waals surface area contributed by atoms with Crippen molar-refractivity contribution >= 4 is 27.1 Å². The van der Waals surface area contributed by atoms with Gasteiger partial charge in [-0.1, -0.05) is 18.2 Å². The fraction of sp³-hybridized carbons (Fsp3) is 0.235. The van der Waals surface area contributed by atoms with Crippen LogP contribution in [0.5, 0.6) is 0 Å². The highest BCUT2D eigenvalue weighted by Gasteiger charge is 2.16. The largest absolute Gasteiger partial charge is 0.378 e. The summed E-state index contributed by atoms with van der Waals surface area (Å²) in [4.78, 5) is 14.1. The lowest BCUT2D eigenvalue weighted by atomic mass is 10.2. The predicted molar refractivity (Wildman–Crippen MR) is 92.5 cm³/mol. The molecule has 0 unspecified atom stereocenters. The van der Waals surface area contributed by atoms with Crippen LogP contribution in [0.2, 0.25) is 0 Å². The Kier molecular flexibility index (Phi) is 5.39. The van der Waals surface area contributed by atoms with E-state index < -0.39 is 9.84 Å². The Hall–Kier alpha value is -2.34. The Morgan fingerprint density at radius 2 is 1.61 bits per heavy atom. The van der Waals surface area contributed by atoms with Gasteiger partial charge in [-0.3, -0.25) is 4.79 Å². The number of hydrogen-bond donors (Lipinski definition) is 1. The number of amides is 1. The van der Waals surface area contributed by atoms with E-state index in [1.807, 2.05) is 31.1 Å². The smallest absolute Gasteiger partial charge is 0.225 e. The molecule has 2 aromatic rings. The van der Waals surface area contributed by atoms with Gasteiger partial charge in [0.1, 0.15) is 0 Å². The fourth-order valence-electron chi connectivity index (χ4n) is 2.04. The molecule has 2 rings (SSSR count). The van der Waals surface area contributed by atoms with Gasteiger partial charge >= 0.3 is 0 Å². The van der Waals surface area contributed by atoms with E-state index in [0.717, 1.165) is 5.69 Å². The zero-order valence-electron chi connectivity index (χ0n) is 13.2. The van der Waals surface area contributed by atoms with Gasteiger partial charge in [0.15, 0.2) is 9.84 Å². The van der Waals surface area contributed by atoms with Crippen molar-refractivity contribution in [3.8, 4) is 0 Å². The third kappa shape index (κ3) is 4.82. The molecule has 1 N–H and O–H groups in total. The maximum absolute atomic E-state index is 12.1. The van der Waals surface area contributed by atoms with E-state index >= 15 is 0 Å². The van der Waals surface area contributed by atoms with Crippen LogP contribution >= 0.6 is 0 Å². The molecule has 0 saturated heterocycles. The normalized spacial score (nSPS) is 11.0. The number of nitrogens with zero attached hydrogens (tertiary/aromatic N) is 1. The molecule has 5 nitrogen and oxygen atoms in total. The SMILES string of the molecule is CN(C)c1ccc(NC(=O)CCS(=O)(=O)c2ccccc2)cc1. The maximum atomic E-state index is 12.1. The fourth-order valence-corrected chi connectivity index (χ4v) is 3.30. The van der Waals surface area contributed by atoms with Crippen molar-refractivity contribution in [1.29, 1.82) is 0 Å². The molecule has 0 bridgehead atoms. The van der Waals surface area contributed by atoms with Crippen molar-refractivity contribution in [2.75, 3.05) is 30.1 Å². The predicted octanol–water partition coefficient (Wildman–Crippen LogP) is 2.56. The molecule has 0 fully saturated rings. The zero-order chi connectivity index (χ0) is 16.9. The minimum absolute atomic E-state index is 0.0767. The van der Waals surface area contributed by atoms with Crippen molar-refractivity contribution in [3.63, 3.8) is 0 Å². The highest BCUT2D eigenvalue weighted by molar-refractivity contribution is 7.91. The van der Waals surface area contributed by atoms with Gasteiger partial charge in [-0.25, -0.2) is 8.42 Å². The van der Waals surface area contributed by atoms with Gasteiger partial charge in [0, 0.05) is 31.9 Å². The van der Waals surface area contributed by atoms with Crippen LogP contribution in [-0.4, -0.2) is 34.2 Å². The number of rotatable bonds is 6. The average molecular weight is 332 g/mol. The Morgan fingerprint density at radius 1 is 1.00 bits per heavy atom. The van der Waals surface area contributed by atoms with Crippen LogP contribution in [0.3, 0.4) is 0 Å². The monoisotopic (exact) mass is 332 g/mol. The van der Waals surface area contributed by atoms with Crippen LogP contribution in [0.25, 0.3) is 0 Å². The van der Waals surface area contributed by atoms with E-state index in [1.165, 1.54) is 12.1 Å². The summed E-state index contributed by atoms with van der Waals surface area (Å²) in [6.07, 6.45) is -0.0767. The Labute approximate surface area is 136 Å². The number of sulfone groups is 1. The van der Waals surface area contributed by atoms with Crippen molar-refractivity contribution < 1.29 is 13.2 Å². The second-order valence-electron chi connectivity index (χ2n) is 5.37. The van der Waals surface area contributed by atoms with Crippen molar-refractivity contribution in [2.45, 2.75) is 11.3 Å². The quantitative estimate of drug-likeness (QED) is 0.883. The lowest BCUT2D eigenvalue weighted by molar-refractivity contribution is -0.115. The average Bonchev–Trinajstić information content (AvgIpc) is 2.54. The van der Waals surface area contributed by atoms with Gasteiger partial charge in [-0.15, -0.1) is 0 Å². The van der Waals surface area contributed by atoms with Gasteiger partial charge in [0.2, 0.25) is 5.91 Å². The van der Waals surface area contributed by atoms with Crippen molar-refractivity contribution in [3.05, 3.63) is 54.6 Å². The van der Waals surface area contributed by atoms with E-state index in [2.05, 4.69) is 5.32 Å². The Morgan fingerprint density at radius 3 is 2.17 bits per heavy atom. The molecule has 0 heterocycles. The molecular weight excluding hydrogens is 312 g/mol. The van der Waals surface area contributed by atoms with Crippen molar-refractivity contribution in [2.24, 2.45) is 0 Å². The van der Waals surface area contributed by atoms with Crippen LogP contribution in [0.4, 0.5) is 11.4 Å². The lowest BCUT2D eigenvalue weighted by Gasteiger charge is -2.13. The molecule has 0 aliphatic heterocycles. The maximum Gasteiger partial charge on any atom is 0.225 e. The molecule has 0 atom stereocenters. The van der Waals surface area contributed by atoms with Gasteiger partial charge in [0.05, 0.1) is 10.6 Å². The van der Waals surface area contributed by atoms with Crippen LogP contribution in [0, 0.1) is 0 Å². The number of nitrogens with one attached hydrogen (secondary N) is 1. The second-order valence-corrected chi connectivity index (χ2v) is 7.48. The molecule has 6 heteroatoms. The van der Waals surface area contributed by atoms with Gasteiger partial charge in [-0.05, 0) is 36.4 Å². The van der Waals surface area contributed by atoms with Gasteiger partial charge in [-0.2, -0.15) is 0 Å². The molecule has 0 radical (unpaired) electrons. The summed E-state index contributed by atoms with van der Waals surface area (Å²) in [5.74, 6) is -0.527. The molecule has 0 aromatic heterocycles. The third-order valence-corrected chi connectivity index (χ3v) is 5.10. The van der Waals surface area contributed by atoms with E-state index in [9.17, 15) is 13.2 Å². The number of hydrogen-bond acceptors (Lipinski definition) is 4. The second kappa shape index (κ2) is 7.28. The first-order valence-electron chi connectivity index (χ1n) is 7.23. The topological polar surface area (TPSA) is 66.5 Å². The highest BCUT2D eigenvalue weighted by Crippen LogP contribution is 2.16. The molecule has 0 aliphatic carbocycles. The summed E-state index contributed by atoms with van der Waals surface area (Å²) >= 11 is 0. The summed E-state index contributed by atoms with van der Waals surface area (Å²) in [5, 5.41) is 2.71. The molecule has 2 aromatic carbocycles. The summed E-state index contributed by atoms with van der Waals surface area (Å²) in [6, 6.07) is 15.5. The molecule has 0 spiro atoms. The summed E-state index contributed by atoms with van der Waals surface area (Å²) in [5.41, 5.74) is 1.67. The summed E-state index contributed by atoms with van der Waals surface area (Å²) in [7, 11) is 0.432. The first-order valence-corrected chi connectivity index (χ1v) is 8.89. The molecule has 23 heavy (non-hydrogen) atoms. The van der Waals surface area contributed by atoms with E-state index in [-0.39, 0.29) is 23.0 Å². The Balaban J connectivity index is 1.92. The molecular formula is C17H20N2O3S. The van der Waals surface area contributed by atoms with Crippen LogP contribution in [0.1, 0.15) is 6.42 Å². The minimum atomic E-state index is -3.43. The number of carbonyl (C=O) groups is 1. The zero-order valence-corrected chi connectivity index (χ0v) is 14.0. The minimum Gasteiger partial charge on any atom is -0.378 e. The summed E-state index contributed by atoms with van der Waals surface area (Å²) < 4.78 is 24.2. The Bertz CT molecular complexity index is 754. The van der Waals surface area contributed by atoms with Crippen LogP contribution < -0.4 is 10.2 Å². The lowest BCUT2D eigenvalue weighted by Crippen LogP contribution is -2.17. The van der Waals surface area contributed by atoms with Crippen LogP contribution in [0.15, 0.2) is 59.5 Å². The number of anilines is 2.